The van der Waals surface area contributed by atoms with Crippen LogP contribution in [0.15, 0.2) is 42.5 Å². The van der Waals surface area contributed by atoms with Gasteiger partial charge in [0, 0.05) is 49.2 Å². The summed E-state index contributed by atoms with van der Waals surface area (Å²) in [6.07, 6.45) is 2.59. The number of halogens is 2. The number of fused-ring (bicyclic) bond motifs is 4. The molecule has 1 aromatic heterocycles. The van der Waals surface area contributed by atoms with Crippen molar-refractivity contribution < 1.29 is 24.4 Å². The number of anilines is 1. The molecule has 4 aromatic rings. The summed E-state index contributed by atoms with van der Waals surface area (Å²) >= 11 is 6.83. The first-order valence-electron chi connectivity index (χ1n) is 14.8. The summed E-state index contributed by atoms with van der Waals surface area (Å²) in [6, 6.07) is 13.1. The zero-order valence-electron chi connectivity index (χ0n) is 24.1. The normalized spacial score (nSPS) is 19.1. The van der Waals surface area contributed by atoms with Crippen molar-refractivity contribution in [3.05, 3.63) is 53.3 Å². The van der Waals surface area contributed by atoms with E-state index in [1.807, 2.05) is 31.3 Å². The number of ether oxygens (including phenoxy) is 1. The van der Waals surface area contributed by atoms with E-state index in [-0.39, 0.29) is 34.5 Å². The number of phenolic OH excluding ortho intramolecular Hbond substituents is 1. The summed E-state index contributed by atoms with van der Waals surface area (Å²) in [5.41, 5.74) is 0.772. The van der Waals surface area contributed by atoms with Crippen LogP contribution in [0.1, 0.15) is 25.7 Å². The van der Waals surface area contributed by atoms with Gasteiger partial charge in [-0.3, -0.25) is 0 Å². The summed E-state index contributed by atoms with van der Waals surface area (Å²) in [4.78, 5) is 13.6. The number of nitrogens with zero attached hydrogens (tertiary/aromatic N) is 4. The number of piperazine rings is 1. The van der Waals surface area contributed by atoms with Crippen LogP contribution in [0, 0.1) is 5.82 Å². The van der Waals surface area contributed by atoms with Crippen molar-refractivity contribution in [1.29, 1.82) is 0 Å². The van der Waals surface area contributed by atoms with E-state index in [0.29, 0.717) is 61.4 Å². The molecule has 11 heteroatoms. The van der Waals surface area contributed by atoms with Crippen molar-refractivity contribution in [2.45, 2.75) is 43.9 Å². The molecular formula is C32H37ClFN5O4. The van der Waals surface area contributed by atoms with Crippen LogP contribution in [0.5, 0.6) is 11.8 Å². The first kappa shape index (κ1) is 29.8. The second-order valence-corrected chi connectivity index (χ2v) is 12.1. The minimum absolute atomic E-state index is 0.0174. The van der Waals surface area contributed by atoms with E-state index in [9.17, 15) is 10.2 Å². The van der Waals surface area contributed by atoms with E-state index in [1.165, 1.54) is 6.07 Å². The van der Waals surface area contributed by atoms with Gasteiger partial charge in [-0.15, -0.1) is 0 Å². The van der Waals surface area contributed by atoms with Crippen molar-refractivity contribution in [3.63, 3.8) is 0 Å². The van der Waals surface area contributed by atoms with Gasteiger partial charge >= 0.3 is 6.01 Å². The number of hydrogen-bond donors (Lipinski definition) is 4. The molecule has 3 unspecified atom stereocenters. The molecule has 9 nitrogen and oxygen atoms in total. The number of benzene rings is 3. The third-order valence-electron chi connectivity index (χ3n) is 8.44. The molecule has 2 fully saturated rings. The molecule has 2 saturated heterocycles. The Morgan fingerprint density at radius 1 is 1.12 bits per heavy atom. The van der Waals surface area contributed by atoms with Gasteiger partial charge in [0.2, 0.25) is 0 Å². The predicted molar refractivity (Wildman–Crippen MR) is 167 cm³/mol. The summed E-state index contributed by atoms with van der Waals surface area (Å²) in [5, 5.41) is 35.0. The quantitative estimate of drug-likeness (QED) is 0.185. The van der Waals surface area contributed by atoms with E-state index < -0.39 is 11.9 Å². The molecule has 2 bridgehead atoms. The van der Waals surface area contributed by atoms with Crippen LogP contribution in [0.4, 0.5) is 10.2 Å². The summed E-state index contributed by atoms with van der Waals surface area (Å²) in [6.45, 7) is 2.90. The largest absolute Gasteiger partial charge is 0.508 e. The first-order chi connectivity index (χ1) is 20.8. The number of aromatic nitrogens is 2. The Morgan fingerprint density at radius 3 is 2.65 bits per heavy atom. The molecule has 228 valence electrons. The lowest BCUT2D eigenvalue weighted by atomic mass is 9.96. The molecule has 0 amide bonds. The molecule has 2 aliphatic rings. The minimum atomic E-state index is -0.727. The monoisotopic (exact) mass is 609 g/mol. The molecule has 3 atom stereocenters. The van der Waals surface area contributed by atoms with Gasteiger partial charge in [0.25, 0.3) is 0 Å². The lowest BCUT2D eigenvalue weighted by molar-refractivity contribution is 0.0794. The van der Waals surface area contributed by atoms with Gasteiger partial charge in [0.1, 0.15) is 17.1 Å². The highest BCUT2D eigenvalue weighted by Crippen LogP contribution is 2.42. The van der Waals surface area contributed by atoms with Gasteiger partial charge in [0.05, 0.1) is 24.3 Å². The lowest BCUT2D eigenvalue weighted by Crippen LogP contribution is -2.51. The zero-order valence-corrected chi connectivity index (χ0v) is 24.9. The van der Waals surface area contributed by atoms with Crippen LogP contribution in [-0.2, 0) is 0 Å². The molecule has 0 spiro atoms. The second-order valence-electron chi connectivity index (χ2n) is 11.7. The van der Waals surface area contributed by atoms with Crippen LogP contribution in [-0.4, -0.2) is 94.8 Å². The topological polar surface area (TPSA) is 114 Å². The summed E-state index contributed by atoms with van der Waals surface area (Å²) in [7, 11) is 1.94. The van der Waals surface area contributed by atoms with Gasteiger partial charge in [0.15, 0.2) is 5.82 Å². The summed E-state index contributed by atoms with van der Waals surface area (Å²) in [5.74, 6) is 0.0254. The van der Waals surface area contributed by atoms with Crippen LogP contribution in [0.25, 0.3) is 32.8 Å². The molecule has 43 heavy (non-hydrogen) atoms. The van der Waals surface area contributed by atoms with Crippen LogP contribution in [0.2, 0.25) is 5.02 Å². The number of phenols is 1. The maximum atomic E-state index is 16.7. The van der Waals surface area contributed by atoms with Crippen molar-refractivity contribution in [2.75, 3.05) is 51.3 Å². The Morgan fingerprint density at radius 2 is 1.88 bits per heavy atom. The number of nitrogens with one attached hydrogen (secondary N) is 1. The predicted octanol–water partition coefficient (Wildman–Crippen LogP) is 4.33. The van der Waals surface area contributed by atoms with Crippen LogP contribution in [0.3, 0.4) is 0 Å². The fraction of sp³-hybridized carbons (Fsp3) is 0.438. The Balaban J connectivity index is 1.35. The van der Waals surface area contributed by atoms with Gasteiger partial charge in [-0.05, 0) is 67.3 Å². The van der Waals surface area contributed by atoms with Crippen molar-refractivity contribution in [1.82, 2.24) is 20.2 Å². The smallest absolute Gasteiger partial charge is 0.319 e. The number of rotatable bonds is 11. The van der Waals surface area contributed by atoms with Gasteiger partial charge in [-0.2, -0.15) is 9.97 Å². The average molecular weight is 610 g/mol. The highest BCUT2D eigenvalue weighted by Gasteiger charge is 2.34. The SMILES string of the molecule is CN(CCCOc1nc(N2CC3CCC(C2)N3)c2cc(Cl)c(-c3cc(O)cc4ccccc34)c(F)c2n1)CCC(O)CO. The number of aliphatic hydroxyl groups excluding tert-OH is 2. The Hall–Kier alpha value is -3.28. The lowest BCUT2D eigenvalue weighted by Gasteiger charge is -2.34. The van der Waals surface area contributed by atoms with E-state index in [0.717, 1.165) is 36.7 Å². The van der Waals surface area contributed by atoms with Crippen LogP contribution >= 0.6 is 11.6 Å². The second kappa shape index (κ2) is 12.8. The first-order valence-corrected chi connectivity index (χ1v) is 15.2. The third-order valence-corrected chi connectivity index (χ3v) is 8.74. The van der Waals surface area contributed by atoms with Crippen molar-refractivity contribution in [3.8, 4) is 22.9 Å². The van der Waals surface area contributed by atoms with Gasteiger partial charge < -0.3 is 35.2 Å². The van der Waals surface area contributed by atoms with E-state index in [4.69, 9.17) is 26.4 Å². The summed E-state index contributed by atoms with van der Waals surface area (Å²) < 4.78 is 22.7. The molecular weight excluding hydrogens is 573 g/mol. The molecule has 3 heterocycles. The molecule has 0 saturated carbocycles. The third kappa shape index (κ3) is 6.34. The average Bonchev–Trinajstić information content (AvgIpc) is 3.34. The molecule has 0 aliphatic carbocycles. The van der Waals surface area contributed by atoms with Gasteiger partial charge in [-0.25, -0.2) is 4.39 Å². The molecule has 4 N–H and O–H groups in total. The standard InChI is InChI=1S/C32H37ClFN5O4/c1-38(11-9-22(41)18-40)10-4-12-43-32-36-30-26(31(37-32)39-16-20-7-8-21(17-39)35-20)15-27(33)28(29(30)34)25-14-23(42)13-19-5-2-3-6-24(19)25/h2-3,5-6,13-15,20-22,35,40-42H,4,7-12,16-18H2,1H3. The van der Waals surface area contributed by atoms with Crippen LogP contribution < -0.4 is 15.0 Å². The fourth-order valence-corrected chi connectivity index (χ4v) is 6.55. The highest BCUT2D eigenvalue weighted by atomic mass is 35.5. The molecule has 3 aromatic carbocycles. The number of aliphatic hydroxyl groups is 2. The molecule has 0 radical (unpaired) electrons. The van der Waals surface area contributed by atoms with Crippen molar-refractivity contribution >= 4 is 39.1 Å². The Labute approximate surface area is 254 Å². The molecule has 6 rings (SSSR count). The van der Waals surface area contributed by atoms with Crippen molar-refractivity contribution in [2.24, 2.45) is 0 Å². The van der Waals surface area contributed by atoms with E-state index in [2.05, 4.69) is 20.1 Å². The minimum Gasteiger partial charge on any atom is -0.508 e. The van der Waals surface area contributed by atoms with E-state index >= 15 is 4.39 Å². The number of hydrogen-bond acceptors (Lipinski definition) is 9. The van der Waals surface area contributed by atoms with E-state index in [1.54, 1.807) is 12.1 Å². The Kier molecular flexibility index (Phi) is 8.83. The maximum Gasteiger partial charge on any atom is 0.319 e. The Bertz CT molecular complexity index is 1610. The molecule has 2 aliphatic heterocycles. The zero-order chi connectivity index (χ0) is 30.1. The fourth-order valence-electron chi connectivity index (χ4n) is 6.25. The maximum absolute atomic E-state index is 16.7. The van der Waals surface area contributed by atoms with Gasteiger partial charge in [-0.1, -0.05) is 35.9 Å². The highest BCUT2D eigenvalue weighted by molar-refractivity contribution is 6.35. The number of aromatic hydroxyl groups is 1.